The maximum Gasteiger partial charge on any atom is 0.490 e. The summed E-state index contributed by atoms with van der Waals surface area (Å²) in [5, 5.41) is 18.5. The van der Waals surface area contributed by atoms with Gasteiger partial charge in [0.1, 0.15) is 6.10 Å². The number of hydrogen-bond acceptors (Lipinski definition) is 7. The standard InChI is InChI=1S/C18H24N4O2.2C2HF3O2/c1-21-10-15(9-20-21)11-22-12-17(18-16(22)5-3-7-23-18)24-13-14-4-2-6-19-8-14;2*3-2(4,5)1(6)7/h2,4,6,8-10,16-18H,3,5,7,11-13H2,1H3;2*(H,6,7)/t16-,17+,18-;;/m0../s1. The smallest absolute Gasteiger partial charge is 0.475 e. The normalized spacial score (nSPS) is 21.4. The summed E-state index contributed by atoms with van der Waals surface area (Å²) < 4.78 is 77.6. The third-order valence-corrected chi connectivity index (χ3v) is 5.40. The summed E-state index contributed by atoms with van der Waals surface area (Å²) >= 11 is 0. The number of ether oxygens (including phenoxy) is 2. The first kappa shape index (κ1) is 31.0. The van der Waals surface area contributed by atoms with Gasteiger partial charge in [0.15, 0.2) is 0 Å². The Morgan fingerprint density at radius 2 is 1.74 bits per heavy atom. The van der Waals surface area contributed by atoms with Gasteiger partial charge in [0, 0.05) is 56.9 Å². The largest absolute Gasteiger partial charge is 0.490 e. The molecule has 0 saturated carbocycles. The van der Waals surface area contributed by atoms with Gasteiger partial charge in [-0.3, -0.25) is 14.6 Å². The Hall–Kier alpha value is -3.24. The van der Waals surface area contributed by atoms with Crippen LogP contribution in [0.1, 0.15) is 24.0 Å². The number of carboxylic acids is 2. The third-order valence-electron chi connectivity index (χ3n) is 5.40. The van der Waals surface area contributed by atoms with Crippen LogP contribution in [-0.4, -0.2) is 85.6 Å². The fourth-order valence-electron chi connectivity index (χ4n) is 3.81. The summed E-state index contributed by atoms with van der Waals surface area (Å²) in [6.07, 6.45) is 0.110. The van der Waals surface area contributed by atoms with Crippen molar-refractivity contribution in [1.29, 1.82) is 0 Å². The zero-order chi connectivity index (χ0) is 28.5. The molecular weight excluding hydrogens is 530 g/mol. The number of nitrogens with zero attached hydrogens (tertiary/aromatic N) is 4. The summed E-state index contributed by atoms with van der Waals surface area (Å²) in [6, 6.07) is 4.44. The molecule has 3 atom stereocenters. The van der Waals surface area contributed by atoms with E-state index in [0.29, 0.717) is 12.6 Å². The molecule has 4 rings (SSSR count). The fourth-order valence-corrected chi connectivity index (χ4v) is 3.81. The van der Waals surface area contributed by atoms with Crippen molar-refractivity contribution >= 4 is 11.9 Å². The zero-order valence-electron chi connectivity index (χ0n) is 20.0. The van der Waals surface area contributed by atoms with Crippen LogP contribution >= 0.6 is 0 Å². The summed E-state index contributed by atoms with van der Waals surface area (Å²) in [5.41, 5.74) is 2.35. The van der Waals surface area contributed by atoms with Gasteiger partial charge in [0.2, 0.25) is 0 Å². The molecule has 2 aromatic heterocycles. The van der Waals surface area contributed by atoms with E-state index in [4.69, 9.17) is 29.3 Å². The molecule has 0 aliphatic carbocycles. The van der Waals surface area contributed by atoms with E-state index in [1.54, 1.807) is 6.20 Å². The topological polar surface area (TPSA) is 127 Å². The molecule has 0 unspecified atom stereocenters. The minimum Gasteiger partial charge on any atom is -0.475 e. The van der Waals surface area contributed by atoms with Crippen molar-refractivity contribution in [2.45, 2.75) is 56.6 Å². The molecule has 2 aliphatic rings. The van der Waals surface area contributed by atoms with Crippen LogP contribution in [0.5, 0.6) is 0 Å². The number of carboxylic acid groups (broad SMARTS) is 2. The summed E-state index contributed by atoms with van der Waals surface area (Å²) in [4.78, 5) is 24.4. The van der Waals surface area contributed by atoms with Crippen LogP contribution in [0.4, 0.5) is 26.3 Å². The van der Waals surface area contributed by atoms with Gasteiger partial charge in [-0.2, -0.15) is 31.4 Å². The van der Waals surface area contributed by atoms with Crippen LogP contribution in [0.2, 0.25) is 0 Å². The molecule has 2 N–H and O–H groups in total. The van der Waals surface area contributed by atoms with Crippen molar-refractivity contribution in [2.75, 3.05) is 13.2 Å². The maximum absolute atomic E-state index is 10.6. The average Bonchev–Trinajstić information content (AvgIpc) is 3.41. The first-order valence-electron chi connectivity index (χ1n) is 11.1. The monoisotopic (exact) mass is 556 g/mol. The van der Waals surface area contributed by atoms with Crippen molar-refractivity contribution in [3.63, 3.8) is 0 Å². The van der Waals surface area contributed by atoms with E-state index in [1.807, 2.05) is 30.2 Å². The lowest BCUT2D eigenvalue weighted by molar-refractivity contribution is -0.193. The van der Waals surface area contributed by atoms with Gasteiger partial charge >= 0.3 is 24.3 Å². The quantitative estimate of drug-likeness (QED) is 0.535. The Morgan fingerprint density at radius 1 is 1.11 bits per heavy atom. The highest BCUT2D eigenvalue weighted by Gasteiger charge is 2.44. The van der Waals surface area contributed by atoms with Crippen molar-refractivity contribution in [1.82, 2.24) is 19.7 Å². The van der Waals surface area contributed by atoms with Gasteiger partial charge in [-0.25, -0.2) is 9.59 Å². The number of likely N-dealkylation sites (tertiary alicyclic amines) is 1. The molecule has 2 saturated heterocycles. The molecule has 212 valence electrons. The molecule has 2 fully saturated rings. The number of alkyl halides is 6. The molecule has 0 radical (unpaired) electrons. The SMILES string of the molecule is Cn1cc(CN2C[C@@H](OCc3cccnc3)[C@H]3OCCC[C@@H]32)cn1.O=C(O)C(F)(F)F.O=C(O)C(F)(F)F. The number of halogens is 6. The summed E-state index contributed by atoms with van der Waals surface area (Å²) in [7, 11) is 1.96. The van der Waals surface area contributed by atoms with E-state index >= 15 is 0 Å². The summed E-state index contributed by atoms with van der Waals surface area (Å²) in [6.45, 7) is 3.25. The minimum atomic E-state index is -5.08. The van der Waals surface area contributed by atoms with Gasteiger partial charge in [-0.1, -0.05) is 6.07 Å². The minimum absolute atomic E-state index is 0.118. The molecule has 0 aromatic carbocycles. The molecule has 2 aromatic rings. The lowest BCUT2D eigenvalue weighted by atomic mass is 10.0. The second-order valence-corrected chi connectivity index (χ2v) is 8.31. The van der Waals surface area contributed by atoms with Gasteiger partial charge < -0.3 is 19.7 Å². The predicted octanol–water partition coefficient (Wildman–Crippen LogP) is 3.03. The first-order valence-corrected chi connectivity index (χ1v) is 11.1. The van der Waals surface area contributed by atoms with Crippen LogP contribution in [0.3, 0.4) is 0 Å². The van der Waals surface area contributed by atoms with Gasteiger partial charge in [-0.05, 0) is 24.5 Å². The van der Waals surface area contributed by atoms with Crippen LogP contribution in [0.15, 0.2) is 36.9 Å². The molecule has 16 heteroatoms. The van der Waals surface area contributed by atoms with Crippen molar-refractivity contribution in [3.05, 3.63) is 48.0 Å². The molecule has 0 spiro atoms. The second-order valence-electron chi connectivity index (χ2n) is 8.31. The Bertz CT molecular complexity index is 1010. The average molecular weight is 556 g/mol. The van der Waals surface area contributed by atoms with Crippen LogP contribution in [-0.2, 0) is 39.3 Å². The van der Waals surface area contributed by atoms with Crippen LogP contribution < -0.4 is 0 Å². The van der Waals surface area contributed by atoms with Gasteiger partial charge in [0.05, 0.1) is 18.9 Å². The number of aryl methyl sites for hydroxylation is 1. The number of aromatic nitrogens is 3. The highest BCUT2D eigenvalue weighted by molar-refractivity contribution is 5.73. The number of pyridine rings is 1. The number of aliphatic carboxylic acids is 2. The Morgan fingerprint density at radius 3 is 2.24 bits per heavy atom. The molecular formula is C22H26F6N4O6. The zero-order valence-corrected chi connectivity index (χ0v) is 20.0. The number of fused-ring (bicyclic) bond motifs is 1. The van der Waals surface area contributed by atoms with Crippen molar-refractivity contribution in [3.8, 4) is 0 Å². The van der Waals surface area contributed by atoms with E-state index in [-0.39, 0.29) is 12.2 Å². The van der Waals surface area contributed by atoms with Crippen molar-refractivity contribution < 1.29 is 55.6 Å². The molecule has 0 amide bonds. The van der Waals surface area contributed by atoms with E-state index in [9.17, 15) is 26.3 Å². The molecule has 0 bridgehead atoms. The molecule has 2 aliphatic heterocycles. The number of hydrogen-bond donors (Lipinski definition) is 2. The Labute approximate surface area is 212 Å². The van der Waals surface area contributed by atoms with Gasteiger partial charge in [0.25, 0.3) is 0 Å². The van der Waals surface area contributed by atoms with Crippen molar-refractivity contribution in [2.24, 2.45) is 7.05 Å². The number of carbonyl (C=O) groups is 2. The third kappa shape index (κ3) is 9.90. The lowest BCUT2D eigenvalue weighted by Crippen LogP contribution is -2.41. The van der Waals surface area contributed by atoms with E-state index < -0.39 is 24.3 Å². The Kier molecular flexibility index (Phi) is 11.0. The highest BCUT2D eigenvalue weighted by atomic mass is 19.4. The van der Waals surface area contributed by atoms with Gasteiger partial charge in [-0.15, -0.1) is 0 Å². The summed E-state index contributed by atoms with van der Waals surface area (Å²) in [5.74, 6) is -5.51. The first-order chi connectivity index (χ1) is 17.7. The number of rotatable bonds is 5. The van der Waals surface area contributed by atoms with E-state index in [0.717, 1.165) is 31.7 Å². The second kappa shape index (κ2) is 13.5. The van der Waals surface area contributed by atoms with Crippen LogP contribution in [0, 0.1) is 0 Å². The lowest BCUT2D eigenvalue weighted by Gasteiger charge is -2.32. The molecule has 10 nitrogen and oxygen atoms in total. The Balaban J connectivity index is 0.000000301. The van der Waals surface area contributed by atoms with E-state index in [1.165, 1.54) is 12.0 Å². The predicted molar refractivity (Wildman–Crippen MR) is 117 cm³/mol. The molecule has 4 heterocycles. The highest BCUT2D eigenvalue weighted by Crippen LogP contribution is 2.32. The fraction of sp³-hybridized carbons (Fsp3) is 0.545. The van der Waals surface area contributed by atoms with E-state index in [2.05, 4.69) is 27.2 Å². The maximum atomic E-state index is 10.6. The molecule has 38 heavy (non-hydrogen) atoms. The van der Waals surface area contributed by atoms with Crippen LogP contribution in [0.25, 0.3) is 0 Å².